The molecule has 20 heavy (non-hydrogen) atoms. The van der Waals surface area contributed by atoms with Gasteiger partial charge in [0.25, 0.3) is 0 Å². The Labute approximate surface area is 126 Å². The van der Waals surface area contributed by atoms with E-state index >= 15 is 0 Å². The molecular weight excluding hydrogens is 266 g/mol. The Morgan fingerprint density at radius 3 is 2.40 bits per heavy atom. The van der Waals surface area contributed by atoms with E-state index in [9.17, 15) is 0 Å². The Bertz CT molecular complexity index is 309. The van der Waals surface area contributed by atoms with Crippen LogP contribution in [0.2, 0.25) is 5.54 Å². The van der Waals surface area contributed by atoms with E-state index in [1.807, 2.05) is 14.2 Å². The van der Waals surface area contributed by atoms with Crippen molar-refractivity contribution in [1.82, 2.24) is 4.90 Å². The first-order valence-corrected chi connectivity index (χ1v) is 10.4. The summed E-state index contributed by atoms with van der Waals surface area (Å²) in [4.78, 5) is 2.57. The second kappa shape index (κ2) is 6.90. The Kier molecular flexibility index (Phi) is 5.68. The summed E-state index contributed by atoms with van der Waals surface area (Å²) in [6.07, 6.45) is 8.14. The number of hydrogen-bond donors (Lipinski definition) is 0. The molecule has 0 radical (unpaired) electrons. The molecule has 2 fully saturated rings. The van der Waals surface area contributed by atoms with E-state index in [2.05, 4.69) is 25.8 Å². The Morgan fingerprint density at radius 2 is 1.80 bits per heavy atom. The Hall–Kier alpha value is 0.0969. The smallest absolute Gasteiger partial charge is 0.358 e. The molecule has 1 aliphatic heterocycles. The van der Waals surface area contributed by atoms with Crippen LogP contribution in [0, 0.1) is 11.8 Å². The summed E-state index contributed by atoms with van der Waals surface area (Å²) >= 11 is 0. The molecule has 4 heteroatoms. The summed E-state index contributed by atoms with van der Waals surface area (Å²) in [5.41, 5.74) is 1.08. The predicted octanol–water partition coefficient (Wildman–Crippen LogP) is 3.57. The first kappa shape index (κ1) is 16.5. The molecule has 2 rings (SSSR count). The summed E-state index contributed by atoms with van der Waals surface area (Å²) < 4.78 is 12.3. The van der Waals surface area contributed by atoms with Gasteiger partial charge in [-0.2, -0.15) is 0 Å². The van der Waals surface area contributed by atoms with Gasteiger partial charge in [-0.15, -0.1) is 0 Å². The minimum absolute atomic E-state index is 0.534. The van der Waals surface area contributed by atoms with Crippen molar-refractivity contribution in [2.45, 2.75) is 63.6 Å². The van der Waals surface area contributed by atoms with Gasteiger partial charge in [-0.05, 0) is 38.3 Å². The topological polar surface area (TPSA) is 21.7 Å². The first-order chi connectivity index (χ1) is 9.60. The van der Waals surface area contributed by atoms with E-state index in [1.165, 1.54) is 38.6 Å². The number of hydrogen-bond acceptors (Lipinski definition) is 3. The average molecular weight is 300 g/mol. The summed E-state index contributed by atoms with van der Waals surface area (Å²) in [5.74, 6) is 1.70. The van der Waals surface area contributed by atoms with Crippen LogP contribution in [0.1, 0.15) is 52.4 Å². The van der Waals surface area contributed by atoms with Crippen molar-refractivity contribution in [3.8, 4) is 0 Å². The average Bonchev–Trinajstić information content (AvgIpc) is 2.50. The number of likely N-dealkylation sites (tertiary alicyclic amines) is 1. The quantitative estimate of drug-likeness (QED) is 0.724. The van der Waals surface area contributed by atoms with Gasteiger partial charge in [0.15, 0.2) is 0 Å². The second-order valence-corrected chi connectivity index (χ2v) is 10.7. The molecule has 4 unspecified atom stereocenters. The lowest BCUT2D eigenvalue weighted by atomic mass is 9.75. The molecule has 1 heterocycles. The van der Waals surface area contributed by atoms with Crippen LogP contribution in [0.25, 0.3) is 0 Å². The van der Waals surface area contributed by atoms with E-state index in [1.54, 1.807) is 0 Å². The zero-order valence-corrected chi connectivity index (χ0v) is 15.0. The van der Waals surface area contributed by atoms with Crippen molar-refractivity contribution in [2.24, 2.45) is 11.8 Å². The van der Waals surface area contributed by atoms with Crippen molar-refractivity contribution in [3.63, 3.8) is 0 Å². The fourth-order valence-electron chi connectivity index (χ4n) is 4.75. The molecule has 0 N–H and O–H groups in total. The second-order valence-electron chi connectivity index (χ2n) is 6.86. The molecule has 2 aliphatic rings. The highest BCUT2D eigenvalue weighted by molar-refractivity contribution is 6.70. The van der Waals surface area contributed by atoms with Gasteiger partial charge >= 0.3 is 8.56 Å². The molecule has 0 aromatic heterocycles. The molecule has 0 aromatic rings. The maximum Gasteiger partial charge on any atom is 0.358 e. The third-order valence-electron chi connectivity index (χ3n) is 6.05. The number of rotatable bonds is 5. The third-order valence-corrected chi connectivity index (χ3v) is 10.8. The van der Waals surface area contributed by atoms with E-state index in [4.69, 9.17) is 8.85 Å². The van der Waals surface area contributed by atoms with Gasteiger partial charge in [0.2, 0.25) is 0 Å². The van der Waals surface area contributed by atoms with Gasteiger partial charge in [-0.25, -0.2) is 0 Å². The highest BCUT2D eigenvalue weighted by Gasteiger charge is 2.56. The standard InChI is InChI=1S/C16H33NO2Si/c1-6-13(2)20(18-4,19-5)16-15-10-8-7-9-14(15)11-12-17(16)3/h13-16H,6-12H2,1-5H3. The molecule has 3 nitrogen and oxygen atoms in total. The van der Waals surface area contributed by atoms with Gasteiger partial charge in [-0.3, -0.25) is 0 Å². The lowest BCUT2D eigenvalue weighted by Gasteiger charge is -2.53. The van der Waals surface area contributed by atoms with Crippen molar-refractivity contribution >= 4 is 8.56 Å². The summed E-state index contributed by atoms with van der Waals surface area (Å²) in [6.45, 7) is 5.81. The normalized spacial score (nSPS) is 33.8. The molecule has 1 aliphatic carbocycles. The van der Waals surface area contributed by atoms with Gasteiger partial charge in [-0.1, -0.05) is 39.5 Å². The fourth-order valence-corrected chi connectivity index (χ4v) is 9.14. The predicted molar refractivity (Wildman–Crippen MR) is 86.0 cm³/mol. The van der Waals surface area contributed by atoms with Crippen LogP contribution >= 0.6 is 0 Å². The van der Waals surface area contributed by atoms with Gasteiger partial charge in [0.1, 0.15) is 0 Å². The van der Waals surface area contributed by atoms with E-state index < -0.39 is 8.56 Å². The number of piperidine rings is 1. The van der Waals surface area contributed by atoms with Crippen LogP contribution in [-0.2, 0) is 8.85 Å². The maximum atomic E-state index is 6.17. The lowest BCUT2D eigenvalue weighted by Crippen LogP contribution is -2.67. The maximum absolute atomic E-state index is 6.17. The Balaban J connectivity index is 2.32. The SMILES string of the molecule is CCC(C)[Si](OC)(OC)C1C2CCCCC2CCN1C. The fraction of sp³-hybridized carbons (Fsp3) is 1.00. The van der Waals surface area contributed by atoms with Crippen LogP contribution < -0.4 is 0 Å². The molecule has 0 bridgehead atoms. The third kappa shape index (κ3) is 2.72. The molecule has 0 aromatic carbocycles. The minimum Gasteiger partial charge on any atom is -0.397 e. The summed E-state index contributed by atoms with van der Waals surface area (Å²) in [5, 5.41) is 0. The molecule has 4 atom stereocenters. The monoisotopic (exact) mass is 299 g/mol. The number of fused-ring (bicyclic) bond motifs is 1. The van der Waals surface area contributed by atoms with Crippen LogP contribution in [-0.4, -0.2) is 46.9 Å². The van der Waals surface area contributed by atoms with Crippen molar-refractivity contribution in [2.75, 3.05) is 27.8 Å². The van der Waals surface area contributed by atoms with Crippen LogP contribution in [0.15, 0.2) is 0 Å². The molecule has 0 spiro atoms. The zero-order valence-electron chi connectivity index (χ0n) is 14.0. The minimum atomic E-state index is -2.19. The zero-order chi connectivity index (χ0) is 14.8. The highest BCUT2D eigenvalue weighted by atomic mass is 28.4. The van der Waals surface area contributed by atoms with E-state index in [0.29, 0.717) is 11.2 Å². The van der Waals surface area contributed by atoms with E-state index in [-0.39, 0.29) is 0 Å². The lowest BCUT2D eigenvalue weighted by molar-refractivity contribution is 0.0431. The van der Waals surface area contributed by atoms with E-state index in [0.717, 1.165) is 18.3 Å². The van der Waals surface area contributed by atoms with Crippen LogP contribution in [0.4, 0.5) is 0 Å². The van der Waals surface area contributed by atoms with Gasteiger partial charge in [0.05, 0.1) is 5.67 Å². The van der Waals surface area contributed by atoms with Crippen LogP contribution in [0.5, 0.6) is 0 Å². The molecular formula is C16H33NO2Si. The number of nitrogens with zero attached hydrogens (tertiary/aromatic N) is 1. The van der Waals surface area contributed by atoms with Crippen molar-refractivity contribution in [3.05, 3.63) is 0 Å². The highest BCUT2D eigenvalue weighted by Crippen LogP contribution is 2.45. The Morgan fingerprint density at radius 1 is 1.15 bits per heavy atom. The van der Waals surface area contributed by atoms with Gasteiger partial charge in [0, 0.05) is 19.8 Å². The first-order valence-electron chi connectivity index (χ1n) is 8.41. The molecule has 118 valence electrons. The summed E-state index contributed by atoms with van der Waals surface area (Å²) in [6, 6.07) is 0. The molecule has 1 saturated heterocycles. The summed E-state index contributed by atoms with van der Waals surface area (Å²) in [7, 11) is 3.88. The largest absolute Gasteiger partial charge is 0.397 e. The van der Waals surface area contributed by atoms with Crippen molar-refractivity contribution < 1.29 is 8.85 Å². The van der Waals surface area contributed by atoms with Crippen molar-refractivity contribution in [1.29, 1.82) is 0 Å². The van der Waals surface area contributed by atoms with Gasteiger partial charge < -0.3 is 13.8 Å². The molecule has 1 saturated carbocycles. The van der Waals surface area contributed by atoms with Crippen LogP contribution in [0.3, 0.4) is 0 Å². The molecule has 0 amide bonds.